The number of aliphatic imine (C=N–C) groups is 2. The SMILES string of the molecule is CCC1=C(c2ccc(-n3c4ccccc4c4ccccc43)c(-c3cccc(-c4ccc5oc6ccccc6c5c4)c3)c2)N=C(c2cccc(-n3c4ccccc4c4ccccc43)c2)N=C(c2ccccc2)C1. The maximum Gasteiger partial charge on any atom is 0.160 e. The molecule has 0 unspecified atom stereocenters. The molecule has 340 valence electrons. The highest BCUT2D eigenvalue weighted by Gasteiger charge is 2.23. The van der Waals surface area contributed by atoms with E-state index in [1.807, 2.05) is 12.1 Å². The van der Waals surface area contributed by atoms with Gasteiger partial charge in [0.2, 0.25) is 0 Å². The van der Waals surface area contributed by atoms with Crippen LogP contribution in [0.25, 0.3) is 105 Å². The molecule has 0 spiro atoms. The largest absolute Gasteiger partial charge is 0.456 e. The van der Waals surface area contributed by atoms with Crippen molar-refractivity contribution in [2.24, 2.45) is 9.98 Å². The standard InChI is InChI=1S/C67H46N4O/c1-2-43-42-58(44-18-4-3-5-19-44)68-67(49-22-17-23-50(39-49)70-59-29-11-6-24-51(59)52-25-7-12-30-60(52)70)69-66(43)48-34-36-63(71-61-31-13-8-26-53(61)54-27-9-14-32-62(54)71)56(41-48)47-21-16-20-45(38-47)46-35-37-65-57(40-46)55-28-10-15-33-64(55)72-65/h3-41H,2,42H2,1H3. The molecule has 0 aliphatic carbocycles. The first-order valence-corrected chi connectivity index (χ1v) is 24.8. The van der Waals surface area contributed by atoms with E-state index in [9.17, 15) is 0 Å². The van der Waals surface area contributed by atoms with E-state index in [0.29, 0.717) is 12.3 Å². The molecule has 0 atom stereocenters. The molecule has 5 nitrogen and oxygen atoms in total. The molecule has 72 heavy (non-hydrogen) atoms. The van der Waals surface area contributed by atoms with Gasteiger partial charge in [-0.1, -0.05) is 171 Å². The van der Waals surface area contributed by atoms with E-state index >= 15 is 0 Å². The van der Waals surface area contributed by atoms with Gasteiger partial charge in [0.25, 0.3) is 0 Å². The second kappa shape index (κ2) is 17.0. The molecule has 0 amide bonds. The van der Waals surface area contributed by atoms with E-state index in [2.05, 4.69) is 241 Å². The average Bonchev–Trinajstić information content (AvgIpc) is 4.05. The summed E-state index contributed by atoms with van der Waals surface area (Å²) >= 11 is 0. The summed E-state index contributed by atoms with van der Waals surface area (Å²) in [6.45, 7) is 2.25. The first-order chi connectivity index (χ1) is 35.6. The predicted molar refractivity (Wildman–Crippen MR) is 301 cm³/mol. The molecule has 0 radical (unpaired) electrons. The normalized spacial score (nSPS) is 13.2. The molecule has 14 rings (SSSR count). The van der Waals surface area contributed by atoms with Crippen LogP contribution >= 0.6 is 0 Å². The van der Waals surface area contributed by atoms with Gasteiger partial charge in [0.05, 0.1) is 39.2 Å². The van der Waals surface area contributed by atoms with E-state index < -0.39 is 0 Å². The van der Waals surface area contributed by atoms with E-state index in [0.717, 1.165) is 112 Å². The van der Waals surface area contributed by atoms with Crippen molar-refractivity contribution in [1.82, 2.24) is 9.13 Å². The predicted octanol–water partition coefficient (Wildman–Crippen LogP) is 17.6. The second-order valence-electron chi connectivity index (χ2n) is 18.8. The fourth-order valence-corrected chi connectivity index (χ4v) is 11.2. The molecule has 4 heterocycles. The lowest BCUT2D eigenvalue weighted by Crippen LogP contribution is -2.06. The van der Waals surface area contributed by atoms with Gasteiger partial charge < -0.3 is 13.6 Å². The summed E-state index contributed by atoms with van der Waals surface area (Å²) in [5, 5.41) is 7.13. The Morgan fingerprint density at radius 3 is 1.62 bits per heavy atom. The van der Waals surface area contributed by atoms with E-state index in [4.69, 9.17) is 14.4 Å². The lowest BCUT2D eigenvalue weighted by atomic mass is 9.93. The number of amidine groups is 1. The number of hydrogen-bond acceptors (Lipinski definition) is 3. The zero-order chi connectivity index (χ0) is 47.7. The molecule has 0 fully saturated rings. The van der Waals surface area contributed by atoms with E-state index in [1.54, 1.807) is 0 Å². The highest BCUT2D eigenvalue weighted by Crippen LogP contribution is 2.41. The lowest BCUT2D eigenvalue weighted by molar-refractivity contribution is 0.669. The topological polar surface area (TPSA) is 47.7 Å². The Balaban J connectivity index is 0.979. The zero-order valence-electron chi connectivity index (χ0n) is 39.6. The van der Waals surface area contributed by atoms with Crippen LogP contribution in [-0.4, -0.2) is 20.7 Å². The van der Waals surface area contributed by atoms with Gasteiger partial charge in [-0.05, 0) is 107 Å². The molecule has 10 aromatic carbocycles. The molecule has 0 saturated heterocycles. The first kappa shape index (κ1) is 41.6. The maximum atomic E-state index is 6.26. The van der Waals surface area contributed by atoms with Crippen molar-refractivity contribution in [3.8, 4) is 33.6 Å². The fourth-order valence-electron chi connectivity index (χ4n) is 11.2. The van der Waals surface area contributed by atoms with E-state index in [1.165, 1.54) is 27.1 Å². The summed E-state index contributed by atoms with van der Waals surface area (Å²) in [5.74, 6) is 0.687. The van der Waals surface area contributed by atoms with Gasteiger partial charge in [-0.15, -0.1) is 0 Å². The van der Waals surface area contributed by atoms with E-state index in [-0.39, 0.29) is 0 Å². The Morgan fingerprint density at radius 1 is 0.389 bits per heavy atom. The minimum absolute atomic E-state index is 0.667. The van der Waals surface area contributed by atoms with Gasteiger partial charge in [-0.2, -0.15) is 0 Å². The summed E-state index contributed by atoms with van der Waals surface area (Å²) in [5.41, 5.74) is 19.4. The fraction of sp³-hybridized carbons (Fsp3) is 0.0448. The number of nitrogens with zero attached hydrogens (tertiary/aromatic N) is 4. The third kappa shape index (κ3) is 6.85. The Hall–Kier alpha value is -9.32. The number of fused-ring (bicyclic) bond motifs is 9. The molecular weight excluding hydrogens is 877 g/mol. The number of para-hydroxylation sites is 5. The molecule has 0 saturated carbocycles. The highest BCUT2D eigenvalue weighted by molar-refractivity contribution is 6.17. The van der Waals surface area contributed by atoms with Crippen molar-refractivity contribution in [3.63, 3.8) is 0 Å². The monoisotopic (exact) mass is 922 g/mol. The molecule has 5 heteroatoms. The molecular formula is C67H46N4O. The number of allylic oxidation sites excluding steroid dienone is 1. The summed E-state index contributed by atoms with van der Waals surface area (Å²) in [6.07, 6.45) is 1.48. The van der Waals surface area contributed by atoms with Crippen molar-refractivity contribution >= 4 is 82.8 Å². The lowest BCUT2D eigenvalue weighted by Gasteiger charge is -2.18. The molecule has 1 aliphatic heterocycles. The number of hydrogen-bond donors (Lipinski definition) is 0. The molecule has 0 bridgehead atoms. The highest BCUT2D eigenvalue weighted by atomic mass is 16.3. The number of furan rings is 1. The van der Waals surface area contributed by atoms with Crippen LogP contribution in [0, 0.1) is 0 Å². The van der Waals surface area contributed by atoms with Crippen molar-refractivity contribution in [2.45, 2.75) is 19.8 Å². The number of rotatable bonds is 8. The second-order valence-corrected chi connectivity index (χ2v) is 18.8. The first-order valence-electron chi connectivity index (χ1n) is 24.8. The van der Waals surface area contributed by atoms with Crippen molar-refractivity contribution < 1.29 is 4.42 Å². The Labute approximate surface area is 416 Å². The molecule has 1 aliphatic rings. The summed E-state index contributed by atoms with van der Waals surface area (Å²) < 4.78 is 11.1. The smallest absolute Gasteiger partial charge is 0.160 e. The van der Waals surface area contributed by atoms with Crippen LogP contribution in [0.2, 0.25) is 0 Å². The van der Waals surface area contributed by atoms with Crippen LogP contribution in [-0.2, 0) is 0 Å². The van der Waals surface area contributed by atoms with Gasteiger partial charge in [0.1, 0.15) is 11.2 Å². The minimum atomic E-state index is 0.667. The van der Waals surface area contributed by atoms with Crippen LogP contribution in [0.15, 0.2) is 257 Å². The van der Waals surface area contributed by atoms with Crippen LogP contribution in [0.3, 0.4) is 0 Å². The number of aromatic nitrogens is 2. The number of benzene rings is 10. The van der Waals surface area contributed by atoms with Crippen LogP contribution in [0.1, 0.15) is 36.5 Å². The van der Waals surface area contributed by atoms with Gasteiger partial charge in [0, 0.05) is 61.1 Å². The van der Waals surface area contributed by atoms with Crippen LogP contribution < -0.4 is 0 Å². The minimum Gasteiger partial charge on any atom is -0.456 e. The van der Waals surface area contributed by atoms with Gasteiger partial charge in [0.15, 0.2) is 5.84 Å². The average molecular weight is 923 g/mol. The maximum absolute atomic E-state index is 6.26. The third-order valence-corrected chi connectivity index (χ3v) is 14.6. The summed E-state index contributed by atoms with van der Waals surface area (Å²) in [7, 11) is 0. The summed E-state index contributed by atoms with van der Waals surface area (Å²) in [4.78, 5) is 11.2. The quantitative estimate of drug-likeness (QED) is 0.150. The van der Waals surface area contributed by atoms with Crippen molar-refractivity contribution in [2.75, 3.05) is 0 Å². The zero-order valence-corrected chi connectivity index (χ0v) is 39.6. The molecule has 3 aromatic heterocycles. The third-order valence-electron chi connectivity index (χ3n) is 14.6. The Kier molecular flexibility index (Phi) is 9.81. The van der Waals surface area contributed by atoms with Gasteiger partial charge >= 0.3 is 0 Å². The Morgan fingerprint density at radius 2 is 0.931 bits per heavy atom. The summed E-state index contributed by atoms with van der Waals surface area (Å²) in [6, 6.07) is 85.0. The Bertz CT molecular complexity index is 4300. The van der Waals surface area contributed by atoms with Crippen LogP contribution in [0.4, 0.5) is 0 Å². The van der Waals surface area contributed by atoms with Crippen molar-refractivity contribution in [1.29, 1.82) is 0 Å². The van der Waals surface area contributed by atoms with Gasteiger partial charge in [-0.3, -0.25) is 0 Å². The van der Waals surface area contributed by atoms with Gasteiger partial charge in [-0.25, -0.2) is 9.98 Å². The molecule has 13 aromatic rings. The van der Waals surface area contributed by atoms with Crippen LogP contribution in [0.5, 0.6) is 0 Å². The van der Waals surface area contributed by atoms with Crippen molar-refractivity contribution in [3.05, 3.63) is 259 Å². The molecule has 0 N–H and O–H groups in total.